The highest BCUT2D eigenvalue weighted by atomic mass is 16.2. The van der Waals surface area contributed by atoms with Gasteiger partial charge < -0.3 is 15.1 Å². The van der Waals surface area contributed by atoms with E-state index in [1.165, 1.54) is 0 Å². The predicted octanol–water partition coefficient (Wildman–Crippen LogP) is 2.09. The summed E-state index contributed by atoms with van der Waals surface area (Å²) in [4.78, 5) is 16.4. The van der Waals surface area contributed by atoms with Crippen molar-refractivity contribution in [2.45, 2.75) is 19.9 Å². The molecule has 1 atom stereocenters. The van der Waals surface area contributed by atoms with Gasteiger partial charge in [0.05, 0.1) is 6.04 Å². The summed E-state index contributed by atoms with van der Waals surface area (Å²) in [6.45, 7) is 8.84. The molecule has 1 aromatic rings. The Morgan fingerprint density at radius 3 is 2.42 bits per heavy atom. The molecule has 1 heterocycles. The highest BCUT2D eigenvalue weighted by Crippen LogP contribution is 2.12. The van der Waals surface area contributed by atoms with Crippen LogP contribution in [0.2, 0.25) is 0 Å². The summed E-state index contributed by atoms with van der Waals surface area (Å²) in [6.07, 6.45) is 0. The zero-order chi connectivity index (χ0) is 13.7. The number of benzene rings is 1. The zero-order valence-electron chi connectivity index (χ0n) is 11.8. The standard InChI is InChI=1S/C15H23N3O/c1-3-17-9-11-18(12-10-17)15(19)16-13(2)14-7-5-4-6-8-14/h4-8,13H,3,9-12H2,1-2H3,(H,16,19). The van der Waals surface area contributed by atoms with Crippen LogP contribution in [0.25, 0.3) is 0 Å². The van der Waals surface area contributed by atoms with Crippen LogP contribution in [0.3, 0.4) is 0 Å². The summed E-state index contributed by atoms with van der Waals surface area (Å²) in [5.41, 5.74) is 1.14. The first-order valence-corrected chi connectivity index (χ1v) is 7.03. The average molecular weight is 261 g/mol. The van der Waals surface area contributed by atoms with E-state index in [1.54, 1.807) is 0 Å². The van der Waals surface area contributed by atoms with Crippen molar-refractivity contribution >= 4 is 6.03 Å². The molecule has 1 aliphatic rings. The Balaban J connectivity index is 1.84. The smallest absolute Gasteiger partial charge is 0.317 e. The summed E-state index contributed by atoms with van der Waals surface area (Å²) in [5.74, 6) is 0. The molecular weight excluding hydrogens is 238 g/mol. The third kappa shape index (κ3) is 3.70. The predicted molar refractivity (Wildman–Crippen MR) is 77.1 cm³/mol. The van der Waals surface area contributed by atoms with Crippen molar-refractivity contribution in [3.05, 3.63) is 35.9 Å². The molecule has 0 aromatic heterocycles. The fraction of sp³-hybridized carbons (Fsp3) is 0.533. The van der Waals surface area contributed by atoms with Gasteiger partial charge in [-0.1, -0.05) is 37.3 Å². The van der Waals surface area contributed by atoms with E-state index in [0.717, 1.165) is 38.3 Å². The molecule has 2 amide bonds. The number of hydrogen-bond donors (Lipinski definition) is 1. The molecule has 1 aromatic carbocycles. The van der Waals surface area contributed by atoms with Crippen molar-refractivity contribution in [2.75, 3.05) is 32.7 Å². The van der Waals surface area contributed by atoms with Crippen molar-refractivity contribution in [1.29, 1.82) is 0 Å². The van der Waals surface area contributed by atoms with E-state index in [4.69, 9.17) is 0 Å². The van der Waals surface area contributed by atoms with Gasteiger partial charge in [-0.05, 0) is 19.0 Å². The van der Waals surface area contributed by atoms with E-state index in [0.29, 0.717) is 0 Å². The number of nitrogens with zero attached hydrogens (tertiary/aromatic N) is 2. The van der Waals surface area contributed by atoms with E-state index in [-0.39, 0.29) is 12.1 Å². The lowest BCUT2D eigenvalue weighted by atomic mass is 10.1. The Labute approximate surface area is 115 Å². The van der Waals surface area contributed by atoms with Gasteiger partial charge in [-0.3, -0.25) is 0 Å². The second-order valence-electron chi connectivity index (χ2n) is 5.00. The second kappa shape index (κ2) is 6.57. The van der Waals surface area contributed by atoms with Gasteiger partial charge in [0.1, 0.15) is 0 Å². The topological polar surface area (TPSA) is 35.6 Å². The summed E-state index contributed by atoms with van der Waals surface area (Å²) < 4.78 is 0. The van der Waals surface area contributed by atoms with E-state index in [1.807, 2.05) is 42.2 Å². The number of likely N-dealkylation sites (N-methyl/N-ethyl adjacent to an activating group) is 1. The van der Waals surface area contributed by atoms with Gasteiger partial charge in [-0.2, -0.15) is 0 Å². The summed E-state index contributed by atoms with van der Waals surface area (Å²) in [5, 5.41) is 3.07. The molecular formula is C15H23N3O. The zero-order valence-corrected chi connectivity index (χ0v) is 11.8. The largest absolute Gasteiger partial charge is 0.331 e. The summed E-state index contributed by atoms with van der Waals surface area (Å²) in [7, 11) is 0. The first kappa shape index (κ1) is 13.9. The third-order valence-corrected chi connectivity index (χ3v) is 3.75. The monoisotopic (exact) mass is 261 g/mol. The SMILES string of the molecule is CCN1CCN(C(=O)NC(C)c2ccccc2)CC1. The van der Waals surface area contributed by atoms with Crippen LogP contribution in [0.4, 0.5) is 4.79 Å². The van der Waals surface area contributed by atoms with Crippen molar-refractivity contribution in [1.82, 2.24) is 15.1 Å². The van der Waals surface area contributed by atoms with Crippen LogP contribution >= 0.6 is 0 Å². The average Bonchev–Trinajstić information content (AvgIpc) is 2.48. The molecule has 4 nitrogen and oxygen atoms in total. The van der Waals surface area contributed by atoms with Crippen LogP contribution in [0.5, 0.6) is 0 Å². The first-order valence-electron chi connectivity index (χ1n) is 7.03. The maximum absolute atomic E-state index is 12.2. The van der Waals surface area contributed by atoms with Crippen LogP contribution in [-0.2, 0) is 0 Å². The maximum atomic E-state index is 12.2. The van der Waals surface area contributed by atoms with Crippen molar-refractivity contribution in [3.63, 3.8) is 0 Å². The minimum absolute atomic E-state index is 0.0482. The number of carbonyl (C=O) groups is 1. The lowest BCUT2D eigenvalue weighted by Gasteiger charge is -2.34. The minimum atomic E-state index is 0.0482. The van der Waals surface area contributed by atoms with Gasteiger partial charge in [-0.25, -0.2) is 4.79 Å². The van der Waals surface area contributed by atoms with E-state index < -0.39 is 0 Å². The van der Waals surface area contributed by atoms with Gasteiger partial charge in [0.15, 0.2) is 0 Å². The molecule has 1 N–H and O–H groups in total. The van der Waals surface area contributed by atoms with E-state index in [9.17, 15) is 4.79 Å². The lowest BCUT2D eigenvalue weighted by Crippen LogP contribution is -2.51. The summed E-state index contributed by atoms with van der Waals surface area (Å²) in [6, 6.07) is 10.2. The maximum Gasteiger partial charge on any atom is 0.317 e. The molecule has 1 saturated heterocycles. The Hall–Kier alpha value is -1.55. The molecule has 2 rings (SSSR count). The molecule has 1 aliphatic heterocycles. The molecule has 0 aliphatic carbocycles. The van der Waals surface area contributed by atoms with Crippen molar-refractivity contribution in [2.24, 2.45) is 0 Å². The number of amides is 2. The molecule has 0 radical (unpaired) electrons. The third-order valence-electron chi connectivity index (χ3n) is 3.75. The molecule has 0 spiro atoms. The van der Waals surface area contributed by atoms with Gasteiger partial charge in [-0.15, -0.1) is 0 Å². The summed E-state index contributed by atoms with van der Waals surface area (Å²) >= 11 is 0. The van der Waals surface area contributed by atoms with Crippen molar-refractivity contribution in [3.8, 4) is 0 Å². The van der Waals surface area contributed by atoms with Gasteiger partial charge in [0.25, 0.3) is 0 Å². The Morgan fingerprint density at radius 1 is 1.21 bits per heavy atom. The molecule has 0 bridgehead atoms. The van der Waals surface area contributed by atoms with Crippen LogP contribution in [-0.4, -0.2) is 48.6 Å². The van der Waals surface area contributed by atoms with Crippen LogP contribution in [0, 0.1) is 0 Å². The first-order chi connectivity index (χ1) is 9.20. The fourth-order valence-corrected chi connectivity index (χ4v) is 2.37. The Bertz CT molecular complexity index is 399. The highest BCUT2D eigenvalue weighted by molar-refractivity contribution is 5.74. The minimum Gasteiger partial charge on any atom is -0.331 e. The van der Waals surface area contributed by atoms with Crippen LogP contribution in [0.1, 0.15) is 25.5 Å². The van der Waals surface area contributed by atoms with Crippen molar-refractivity contribution < 1.29 is 4.79 Å². The molecule has 0 saturated carbocycles. The number of hydrogen-bond acceptors (Lipinski definition) is 2. The molecule has 4 heteroatoms. The van der Waals surface area contributed by atoms with Crippen LogP contribution < -0.4 is 5.32 Å². The second-order valence-corrected chi connectivity index (χ2v) is 5.00. The van der Waals surface area contributed by atoms with Gasteiger partial charge >= 0.3 is 6.03 Å². The lowest BCUT2D eigenvalue weighted by molar-refractivity contribution is 0.141. The molecule has 1 fully saturated rings. The normalized spacial score (nSPS) is 18.1. The molecule has 104 valence electrons. The fourth-order valence-electron chi connectivity index (χ4n) is 2.37. The Kier molecular flexibility index (Phi) is 4.80. The Morgan fingerprint density at radius 2 is 1.84 bits per heavy atom. The molecule has 19 heavy (non-hydrogen) atoms. The van der Waals surface area contributed by atoms with E-state index >= 15 is 0 Å². The number of rotatable bonds is 3. The van der Waals surface area contributed by atoms with Crippen LogP contribution in [0.15, 0.2) is 30.3 Å². The number of piperazine rings is 1. The quantitative estimate of drug-likeness (QED) is 0.904. The van der Waals surface area contributed by atoms with E-state index in [2.05, 4.69) is 17.1 Å². The number of urea groups is 1. The number of nitrogens with one attached hydrogen (secondary N) is 1. The number of carbonyl (C=O) groups excluding carboxylic acids is 1. The van der Waals surface area contributed by atoms with Gasteiger partial charge in [0.2, 0.25) is 0 Å². The molecule has 1 unspecified atom stereocenters. The van der Waals surface area contributed by atoms with Gasteiger partial charge in [0, 0.05) is 26.2 Å². The highest BCUT2D eigenvalue weighted by Gasteiger charge is 2.21.